The lowest BCUT2D eigenvalue weighted by Crippen LogP contribution is -2.46. The van der Waals surface area contributed by atoms with E-state index in [-0.39, 0.29) is 5.91 Å². The highest BCUT2D eigenvalue weighted by Gasteiger charge is 2.16. The predicted octanol–water partition coefficient (Wildman–Crippen LogP) is 0.449. The summed E-state index contributed by atoms with van der Waals surface area (Å²) in [7, 11) is 0. The standard InChI is InChI=1S/C15H28N4O2/c1-3-14(2)17-13-15(20)19(6-4-5-16)8-7-18-9-11-21-12-10-18/h14,17H,3-4,6-13H2,1-2H3. The Labute approximate surface area is 128 Å². The van der Waals surface area contributed by atoms with Crippen molar-refractivity contribution in [2.24, 2.45) is 0 Å². The summed E-state index contributed by atoms with van der Waals surface area (Å²) in [5.74, 6) is 0.0822. The molecule has 1 heterocycles. The number of hydrogen-bond acceptors (Lipinski definition) is 5. The highest BCUT2D eigenvalue weighted by atomic mass is 16.5. The van der Waals surface area contributed by atoms with E-state index >= 15 is 0 Å². The Morgan fingerprint density at radius 3 is 2.76 bits per heavy atom. The van der Waals surface area contributed by atoms with Crippen LogP contribution < -0.4 is 5.32 Å². The topological polar surface area (TPSA) is 68.6 Å². The van der Waals surface area contributed by atoms with Crippen LogP contribution in [-0.4, -0.2) is 74.2 Å². The van der Waals surface area contributed by atoms with Crippen LogP contribution in [0, 0.1) is 11.3 Å². The van der Waals surface area contributed by atoms with Crippen molar-refractivity contribution in [1.29, 1.82) is 5.26 Å². The maximum Gasteiger partial charge on any atom is 0.236 e. The molecule has 0 radical (unpaired) electrons. The SMILES string of the molecule is CCC(C)NCC(=O)N(CCC#N)CCN1CCOCC1. The molecule has 1 atom stereocenters. The van der Waals surface area contributed by atoms with Crippen LogP contribution >= 0.6 is 0 Å². The van der Waals surface area contributed by atoms with E-state index < -0.39 is 0 Å². The van der Waals surface area contributed by atoms with Gasteiger partial charge < -0.3 is 15.0 Å². The van der Waals surface area contributed by atoms with Gasteiger partial charge in [0.15, 0.2) is 0 Å². The van der Waals surface area contributed by atoms with Gasteiger partial charge in [-0.25, -0.2) is 0 Å². The lowest BCUT2D eigenvalue weighted by atomic mass is 10.2. The van der Waals surface area contributed by atoms with Crippen molar-refractivity contribution in [3.05, 3.63) is 0 Å². The molecule has 21 heavy (non-hydrogen) atoms. The smallest absolute Gasteiger partial charge is 0.236 e. The molecule has 6 nitrogen and oxygen atoms in total. The largest absolute Gasteiger partial charge is 0.379 e. The number of carbonyl (C=O) groups is 1. The fraction of sp³-hybridized carbons (Fsp3) is 0.867. The second-order valence-corrected chi connectivity index (χ2v) is 5.43. The van der Waals surface area contributed by atoms with E-state index in [1.54, 1.807) is 4.90 Å². The molecule has 0 aromatic heterocycles. The Morgan fingerprint density at radius 2 is 2.14 bits per heavy atom. The molecule has 1 amide bonds. The van der Waals surface area contributed by atoms with Gasteiger partial charge in [0.1, 0.15) is 0 Å². The van der Waals surface area contributed by atoms with Crippen molar-refractivity contribution in [3.8, 4) is 6.07 Å². The van der Waals surface area contributed by atoms with E-state index in [0.29, 0.717) is 32.1 Å². The quantitative estimate of drug-likeness (QED) is 0.669. The van der Waals surface area contributed by atoms with Crippen molar-refractivity contribution in [3.63, 3.8) is 0 Å². The number of hydrogen-bond donors (Lipinski definition) is 1. The molecular formula is C15H28N4O2. The molecule has 1 fully saturated rings. The van der Waals surface area contributed by atoms with Crippen LogP contribution in [0.5, 0.6) is 0 Å². The Bertz CT molecular complexity index is 337. The number of carbonyl (C=O) groups excluding carboxylic acids is 1. The number of morpholine rings is 1. The first-order chi connectivity index (χ1) is 10.2. The first kappa shape index (κ1) is 17.9. The van der Waals surface area contributed by atoms with Gasteiger partial charge in [-0.1, -0.05) is 6.92 Å². The minimum Gasteiger partial charge on any atom is -0.379 e. The third kappa shape index (κ3) is 7.42. The number of rotatable bonds is 9. The molecule has 1 aliphatic heterocycles. The number of nitrogens with zero attached hydrogens (tertiary/aromatic N) is 3. The van der Waals surface area contributed by atoms with Gasteiger partial charge >= 0.3 is 0 Å². The number of nitrogens with one attached hydrogen (secondary N) is 1. The number of amides is 1. The lowest BCUT2D eigenvalue weighted by Gasteiger charge is -2.30. The second kappa shape index (κ2) is 10.6. The zero-order valence-electron chi connectivity index (χ0n) is 13.3. The Balaban J connectivity index is 2.38. The van der Waals surface area contributed by atoms with Crippen LogP contribution in [-0.2, 0) is 9.53 Å². The van der Waals surface area contributed by atoms with Crippen molar-refractivity contribution in [2.75, 3.05) is 52.5 Å². The van der Waals surface area contributed by atoms with Crippen LogP contribution in [0.1, 0.15) is 26.7 Å². The molecule has 0 spiro atoms. The lowest BCUT2D eigenvalue weighted by molar-refractivity contribution is -0.130. The Morgan fingerprint density at radius 1 is 1.43 bits per heavy atom. The molecule has 1 rings (SSSR count). The van der Waals surface area contributed by atoms with Gasteiger partial charge in [0.2, 0.25) is 5.91 Å². The van der Waals surface area contributed by atoms with Crippen LogP contribution in [0.3, 0.4) is 0 Å². The summed E-state index contributed by atoms with van der Waals surface area (Å²) >= 11 is 0. The molecule has 1 saturated heterocycles. The molecule has 0 aliphatic carbocycles. The van der Waals surface area contributed by atoms with Crippen molar-refractivity contribution in [1.82, 2.24) is 15.1 Å². The predicted molar refractivity (Wildman–Crippen MR) is 81.8 cm³/mol. The van der Waals surface area contributed by atoms with Gasteiger partial charge in [-0.3, -0.25) is 9.69 Å². The summed E-state index contributed by atoms with van der Waals surface area (Å²) in [5, 5.41) is 12.0. The molecule has 1 N–H and O–H groups in total. The van der Waals surface area contributed by atoms with E-state index in [4.69, 9.17) is 10.00 Å². The normalized spacial score (nSPS) is 17.2. The molecule has 1 unspecified atom stereocenters. The second-order valence-electron chi connectivity index (χ2n) is 5.43. The zero-order chi connectivity index (χ0) is 15.5. The highest BCUT2D eigenvalue weighted by Crippen LogP contribution is 2.00. The monoisotopic (exact) mass is 296 g/mol. The van der Waals surface area contributed by atoms with Gasteiger partial charge in [-0.05, 0) is 13.3 Å². The maximum atomic E-state index is 12.3. The third-order valence-corrected chi connectivity index (χ3v) is 3.85. The van der Waals surface area contributed by atoms with Crippen LogP contribution in [0.4, 0.5) is 0 Å². The van der Waals surface area contributed by atoms with Crippen LogP contribution in [0.15, 0.2) is 0 Å². The Hall–Kier alpha value is -1.16. The fourth-order valence-electron chi connectivity index (χ4n) is 2.15. The van der Waals surface area contributed by atoms with E-state index in [1.807, 2.05) is 0 Å². The fourth-order valence-corrected chi connectivity index (χ4v) is 2.15. The number of nitriles is 1. The average molecular weight is 296 g/mol. The highest BCUT2D eigenvalue weighted by molar-refractivity contribution is 5.78. The van der Waals surface area contributed by atoms with Crippen LogP contribution in [0.25, 0.3) is 0 Å². The average Bonchev–Trinajstić information content (AvgIpc) is 2.53. The van der Waals surface area contributed by atoms with Gasteiger partial charge in [0.05, 0.1) is 32.2 Å². The third-order valence-electron chi connectivity index (χ3n) is 3.85. The molecular weight excluding hydrogens is 268 g/mol. The molecule has 1 aliphatic rings. The minimum absolute atomic E-state index is 0.0822. The maximum absolute atomic E-state index is 12.3. The molecule has 6 heteroatoms. The first-order valence-corrected chi connectivity index (χ1v) is 7.85. The zero-order valence-corrected chi connectivity index (χ0v) is 13.3. The summed E-state index contributed by atoms with van der Waals surface area (Å²) in [6.07, 6.45) is 1.39. The van der Waals surface area contributed by atoms with Gasteiger partial charge in [-0.2, -0.15) is 5.26 Å². The van der Waals surface area contributed by atoms with Crippen molar-refractivity contribution < 1.29 is 9.53 Å². The Kier molecular flexibility index (Phi) is 8.99. The summed E-state index contributed by atoms with van der Waals surface area (Å²) in [6.45, 7) is 9.94. The minimum atomic E-state index is 0.0822. The molecule has 0 aromatic rings. The number of ether oxygens (including phenoxy) is 1. The summed E-state index contributed by atoms with van der Waals surface area (Å²) in [5.41, 5.74) is 0. The molecule has 0 saturated carbocycles. The first-order valence-electron chi connectivity index (χ1n) is 7.85. The molecule has 120 valence electrons. The van der Waals surface area contributed by atoms with E-state index in [0.717, 1.165) is 39.3 Å². The van der Waals surface area contributed by atoms with Gasteiger partial charge in [0.25, 0.3) is 0 Å². The summed E-state index contributed by atoms with van der Waals surface area (Å²) in [6, 6.07) is 2.46. The van der Waals surface area contributed by atoms with E-state index in [9.17, 15) is 4.79 Å². The van der Waals surface area contributed by atoms with Crippen molar-refractivity contribution >= 4 is 5.91 Å². The van der Waals surface area contributed by atoms with E-state index in [2.05, 4.69) is 30.1 Å². The van der Waals surface area contributed by atoms with Crippen molar-refractivity contribution in [2.45, 2.75) is 32.7 Å². The summed E-state index contributed by atoms with van der Waals surface area (Å²) < 4.78 is 5.32. The van der Waals surface area contributed by atoms with Gasteiger partial charge in [0, 0.05) is 38.8 Å². The summed E-state index contributed by atoms with van der Waals surface area (Å²) in [4.78, 5) is 16.4. The van der Waals surface area contributed by atoms with Gasteiger partial charge in [-0.15, -0.1) is 0 Å². The molecule has 0 aromatic carbocycles. The van der Waals surface area contributed by atoms with Crippen LogP contribution in [0.2, 0.25) is 0 Å². The van der Waals surface area contributed by atoms with E-state index in [1.165, 1.54) is 0 Å². The molecule has 0 bridgehead atoms.